The minimum absolute atomic E-state index is 0.0198. The number of nitrogen functional groups attached to an aromatic ring is 1. The highest BCUT2D eigenvalue weighted by molar-refractivity contribution is 6.16. The van der Waals surface area contributed by atoms with E-state index >= 15 is 0 Å². The van der Waals surface area contributed by atoms with Crippen LogP contribution in [-0.2, 0) is 5.88 Å². The molecule has 0 aliphatic carbocycles. The molecule has 3 aromatic rings. The topological polar surface area (TPSA) is 87.6 Å². The van der Waals surface area contributed by atoms with Gasteiger partial charge in [-0.1, -0.05) is 0 Å². The summed E-state index contributed by atoms with van der Waals surface area (Å²) < 4.78 is 36.5. The second-order valence-corrected chi connectivity index (χ2v) is 4.59. The molecule has 0 radical (unpaired) electrons. The quantitative estimate of drug-likeness (QED) is 0.691. The molecule has 1 aliphatic heterocycles. The van der Waals surface area contributed by atoms with Gasteiger partial charge in [0.1, 0.15) is 5.52 Å². The van der Waals surface area contributed by atoms with Gasteiger partial charge in [0.25, 0.3) is 0 Å². The van der Waals surface area contributed by atoms with Crippen molar-refractivity contribution in [2.75, 3.05) is 5.73 Å². The minimum Gasteiger partial charge on any atom is -0.395 e. The van der Waals surface area contributed by atoms with Gasteiger partial charge in [0.05, 0.1) is 5.88 Å². The van der Waals surface area contributed by atoms with Gasteiger partial charge in [-0.05, 0) is 12.1 Å². The van der Waals surface area contributed by atoms with E-state index in [2.05, 4.69) is 24.5 Å². The summed E-state index contributed by atoms with van der Waals surface area (Å²) in [4.78, 5) is 8.24. The average Bonchev–Trinajstić information content (AvgIpc) is 2.98. The molecule has 108 valence electrons. The molecule has 0 atom stereocenters. The number of anilines is 1. The first-order valence-electron chi connectivity index (χ1n) is 5.78. The fourth-order valence-electron chi connectivity index (χ4n) is 2.20. The molecule has 3 heterocycles. The van der Waals surface area contributed by atoms with E-state index < -0.39 is 6.29 Å². The molecule has 0 saturated carbocycles. The first kappa shape index (κ1) is 12.3. The maximum atomic E-state index is 13.2. The number of alkyl halides is 3. The SMILES string of the molecule is Nc1nc2c3c(ccc2c2nc(CCl)nn12)OC(F)(F)O3. The number of benzene rings is 1. The van der Waals surface area contributed by atoms with Gasteiger partial charge in [0.15, 0.2) is 23.0 Å². The van der Waals surface area contributed by atoms with Crippen LogP contribution in [0.15, 0.2) is 12.1 Å². The summed E-state index contributed by atoms with van der Waals surface area (Å²) in [6, 6.07) is 2.89. The van der Waals surface area contributed by atoms with Crippen LogP contribution in [0.25, 0.3) is 16.6 Å². The Morgan fingerprint density at radius 2 is 2.10 bits per heavy atom. The van der Waals surface area contributed by atoms with Crippen molar-refractivity contribution in [3.8, 4) is 11.5 Å². The van der Waals surface area contributed by atoms with Crippen molar-refractivity contribution in [3.05, 3.63) is 18.0 Å². The second-order valence-electron chi connectivity index (χ2n) is 4.32. The van der Waals surface area contributed by atoms with E-state index in [9.17, 15) is 8.78 Å². The molecule has 7 nitrogen and oxygen atoms in total. The highest BCUT2D eigenvalue weighted by atomic mass is 35.5. The predicted octanol–water partition coefficient (Wildman–Crippen LogP) is 1.92. The zero-order valence-electron chi connectivity index (χ0n) is 10.2. The third-order valence-corrected chi connectivity index (χ3v) is 3.24. The Morgan fingerprint density at radius 3 is 2.86 bits per heavy atom. The molecule has 1 aromatic carbocycles. The standard InChI is InChI=1S/C11H6ClF2N5O2/c12-3-6-16-9-4-1-2-5-8(21-11(13,14)20-5)7(4)17-10(15)19(9)18-6/h1-2H,3H2,(H2,15,17). The smallest absolute Gasteiger partial charge is 0.395 e. The lowest BCUT2D eigenvalue weighted by molar-refractivity contribution is -0.286. The third kappa shape index (κ3) is 1.67. The van der Waals surface area contributed by atoms with Crippen molar-refractivity contribution < 1.29 is 18.3 Å². The number of ether oxygens (including phenoxy) is 2. The fraction of sp³-hybridized carbons (Fsp3) is 0.182. The van der Waals surface area contributed by atoms with E-state index in [-0.39, 0.29) is 28.8 Å². The predicted molar refractivity (Wildman–Crippen MR) is 68.5 cm³/mol. The van der Waals surface area contributed by atoms with Crippen LogP contribution in [0.1, 0.15) is 5.82 Å². The molecular weight excluding hydrogens is 308 g/mol. The summed E-state index contributed by atoms with van der Waals surface area (Å²) in [5.41, 5.74) is 6.26. The zero-order valence-corrected chi connectivity index (χ0v) is 10.9. The molecule has 0 fully saturated rings. The number of hydrogen-bond acceptors (Lipinski definition) is 6. The van der Waals surface area contributed by atoms with Crippen molar-refractivity contribution in [1.29, 1.82) is 0 Å². The van der Waals surface area contributed by atoms with Crippen molar-refractivity contribution in [2.45, 2.75) is 12.2 Å². The van der Waals surface area contributed by atoms with Gasteiger partial charge in [-0.3, -0.25) is 0 Å². The van der Waals surface area contributed by atoms with E-state index in [4.69, 9.17) is 17.3 Å². The molecule has 0 amide bonds. The van der Waals surface area contributed by atoms with Gasteiger partial charge in [0.2, 0.25) is 5.95 Å². The molecular formula is C11H6ClF2N5O2. The van der Waals surface area contributed by atoms with Crippen molar-refractivity contribution >= 4 is 34.1 Å². The van der Waals surface area contributed by atoms with Crippen LogP contribution in [0.2, 0.25) is 0 Å². The van der Waals surface area contributed by atoms with Crippen LogP contribution in [0, 0.1) is 0 Å². The van der Waals surface area contributed by atoms with Crippen LogP contribution in [-0.4, -0.2) is 25.9 Å². The van der Waals surface area contributed by atoms with Crippen LogP contribution < -0.4 is 15.2 Å². The Kier molecular flexibility index (Phi) is 2.24. The van der Waals surface area contributed by atoms with E-state index in [0.29, 0.717) is 16.9 Å². The number of rotatable bonds is 1. The first-order valence-corrected chi connectivity index (χ1v) is 6.31. The summed E-state index contributed by atoms with van der Waals surface area (Å²) in [5.74, 6) is 0.128. The van der Waals surface area contributed by atoms with E-state index in [1.54, 1.807) is 0 Å². The Bertz CT molecular complexity index is 897. The fourth-order valence-corrected chi connectivity index (χ4v) is 2.31. The van der Waals surface area contributed by atoms with Crippen molar-refractivity contribution in [2.24, 2.45) is 0 Å². The molecule has 0 unspecified atom stereocenters. The summed E-state index contributed by atoms with van der Waals surface area (Å²) in [7, 11) is 0. The van der Waals surface area contributed by atoms with Gasteiger partial charge in [-0.15, -0.1) is 25.5 Å². The lowest BCUT2D eigenvalue weighted by atomic mass is 10.2. The Balaban J connectivity index is 2.09. The molecule has 21 heavy (non-hydrogen) atoms. The summed E-state index contributed by atoms with van der Waals surface area (Å²) in [6.07, 6.45) is -3.73. The van der Waals surface area contributed by atoms with Crippen molar-refractivity contribution in [1.82, 2.24) is 19.6 Å². The maximum absolute atomic E-state index is 13.2. The monoisotopic (exact) mass is 313 g/mol. The maximum Gasteiger partial charge on any atom is 0.586 e. The average molecular weight is 314 g/mol. The number of nitrogens with two attached hydrogens (primary N) is 1. The van der Waals surface area contributed by atoms with Crippen LogP contribution in [0.5, 0.6) is 11.5 Å². The molecule has 0 spiro atoms. The molecule has 10 heteroatoms. The van der Waals surface area contributed by atoms with Gasteiger partial charge >= 0.3 is 6.29 Å². The third-order valence-electron chi connectivity index (χ3n) is 3.00. The van der Waals surface area contributed by atoms with Gasteiger partial charge in [-0.2, -0.15) is 4.52 Å². The van der Waals surface area contributed by atoms with Gasteiger partial charge in [-0.25, -0.2) is 9.97 Å². The van der Waals surface area contributed by atoms with Crippen LogP contribution >= 0.6 is 11.6 Å². The number of aromatic nitrogens is 4. The largest absolute Gasteiger partial charge is 0.586 e. The molecule has 1 aliphatic rings. The summed E-state index contributed by atoms with van der Waals surface area (Å²) in [5, 5.41) is 4.52. The molecule has 0 saturated heterocycles. The summed E-state index contributed by atoms with van der Waals surface area (Å²) in [6.45, 7) is 0. The van der Waals surface area contributed by atoms with Gasteiger partial charge < -0.3 is 15.2 Å². The van der Waals surface area contributed by atoms with E-state index in [1.807, 2.05) is 0 Å². The first-order chi connectivity index (χ1) is 9.98. The lowest BCUT2D eigenvalue weighted by Crippen LogP contribution is -2.26. The molecule has 0 bridgehead atoms. The van der Waals surface area contributed by atoms with E-state index in [1.165, 1.54) is 16.6 Å². The number of halogens is 3. The minimum atomic E-state index is -3.73. The van der Waals surface area contributed by atoms with E-state index in [0.717, 1.165) is 0 Å². The molecule has 2 aromatic heterocycles. The Labute approximate surface area is 120 Å². The summed E-state index contributed by atoms with van der Waals surface area (Å²) >= 11 is 5.69. The second kappa shape index (κ2) is 3.82. The number of fused-ring (bicyclic) bond motifs is 5. The highest BCUT2D eigenvalue weighted by Gasteiger charge is 2.44. The Hall–Kier alpha value is -2.42. The number of hydrogen-bond donors (Lipinski definition) is 1. The number of nitrogens with zero attached hydrogens (tertiary/aromatic N) is 4. The van der Waals surface area contributed by atoms with Gasteiger partial charge in [0, 0.05) is 5.39 Å². The normalized spacial score (nSPS) is 16.0. The molecule has 2 N–H and O–H groups in total. The highest BCUT2D eigenvalue weighted by Crippen LogP contribution is 2.45. The van der Waals surface area contributed by atoms with Crippen LogP contribution in [0.3, 0.4) is 0 Å². The van der Waals surface area contributed by atoms with Crippen LogP contribution in [0.4, 0.5) is 14.7 Å². The Morgan fingerprint density at radius 1 is 1.29 bits per heavy atom. The molecule has 4 rings (SSSR count). The zero-order chi connectivity index (χ0) is 14.8. The lowest BCUT2D eigenvalue weighted by Gasteiger charge is -2.05. The van der Waals surface area contributed by atoms with Crippen molar-refractivity contribution in [3.63, 3.8) is 0 Å².